The number of nitrogens with zero attached hydrogens (tertiary/aromatic N) is 2. The van der Waals surface area contributed by atoms with Crippen molar-refractivity contribution in [3.05, 3.63) is 46.9 Å². The zero-order valence-corrected chi connectivity index (χ0v) is 16.9. The minimum absolute atomic E-state index is 0.154. The fourth-order valence-corrected chi connectivity index (χ4v) is 3.12. The number of nitrogens with one attached hydrogen (secondary N) is 2. The Morgan fingerprint density at radius 2 is 2.03 bits per heavy atom. The van der Waals surface area contributed by atoms with E-state index < -0.39 is 11.9 Å². The average molecular weight is 396 g/mol. The lowest BCUT2D eigenvalue weighted by atomic mass is 10.1. The Labute approximate surface area is 170 Å². The van der Waals surface area contributed by atoms with Gasteiger partial charge in [-0.15, -0.1) is 0 Å². The van der Waals surface area contributed by atoms with Crippen molar-refractivity contribution >= 4 is 23.3 Å². The predicted molar refractivity (Wildman–Crippen MR) is 112 cm³/mol. The van der Waals surface area contributed by atoms with Crippen molar-refractivity contribution in [3.8, 4) is 0 Å². The number of rotatable bonds is 9. The maximum atomic E-state index is 11.9. The number of aryl methyl sites for hydroxylation is 1. The molecule has 0 bridgehead atoms. The van der Waals surface area contributed by atoms with Gasteiger partial charge >= 0.3 is 0 Å². The third kappa shape index (κ3) is 5.29. The molecule has 3 rings (SSSR count). The monoisotopic (exact) mass is 396 g/mol. The number of carbonyl (C=O) groups excluding carboxylic acids is 2. The van der Waals surface area contributed by atoms with E-state index in [-0.39, 0.29) is 11.6 Å². The van der Waals surface area contributed by atoms with Crippen molar-refractivity contribution in [2.45, 2.75) is 51.5 Å². The third-order valence-electron chi connectivity index (χ3n) is 4.85. The second-order valence-electron chi connectivity index (χ2n) is 7.40. The number of benzene rings is 1. The van der Waals surface area contributed by atoms with Gasteiger partial charge in [-0.2, -0.15) is 0 Å². The molecule has 1 aliphatic rings. The van der Waals surface area contributed by atoms with Crippen LogP contribution in [0.4, 0.5) is 11.5 Å². The van der Waals surface area contributed by atoms with Gasteiger partial charge in [0.15, 0.2) is 11.5 Å². The minimum atomic E-state index is -0.605. The van der Waals surface area contributed by atoms with E-state index in [4.69, 9.17) is 16.5 Å². The molecule has 0 spiro atoms. The van der Waals surface area contributed by atoms with Crippen LogP contribution in [-0.4, -0.2) is 34.4 Å². The fraction of sp³-hybridized carbons (Fsp3) is 0.429. The lowest BCUT2D eigenvalue weighted by Crippen LogP contribution is -2.39. The van der Waals surface area contributed by atoms with E-state index in [1.165, 1.54) is 0 Å². The molecule has 29 heavy (non-hydrogen) atoms. The lowest BCUT2D eigenvalue weighted by molar-refractivity contribution is -0.121. The first-order valence-corrected chi connectivity index (χ1v) is 9.99. The first-order chi connectivity index (χ1) is 13.9. The molecule has 1 atom stereocenters. The molecule has 2 amide bonds. The van der Waals surface area contributed by atoms with E-state index in [0.717, 1.165) is 35.5 Å². The summed E-state index contributed by atoms with van der Waals surface area (Å²) in [5.41, 5.74) is 14.9. The van der Waals surface area contributed by atoms with Gasteiger partial charge in [-0.05, 0) is 50.3 Å². The Balaban J connectivity index is 1.78. The molecular weight excluding hydrogens is 368 g/mol. The van der Waals surface area contributed by atoms with E-state index in [1.807, 2.05) is 31.2 Å². The van der Waals surface area contributed by atoms with Gasteiger partial charge in [0.1, 0.15) is 0 Å². The van der Waals surface area contributed by atoms with Crippen LogP contribution < -0.4 is 22.1 Å². The predicted octanol–water partition coefficient (Wildman–Crippen LogP) is 1.76. The zero-order valence-electron chi connectivity index (χ0n) is 16.9. The molecule has 1 aromatic carbocycles. The van der Waals surface area contributed by atoms with E-state index in [9.17, 15) is 9.59 Å². The quantitative estimate of drug-likeness (QED) is 0.510. The maximum absolute atomic E-state index is 11.9. The van der Waals surface area contributed by atoms with E-state index in [2.05, 4.69) is 15.6 Å². The number of carbonyl (C=O) groups is 2. The third-order valence-corrected chi connectivity index (χ3v) is 4.85. The molecule has 0 unspecified atom stereocenters. The standard InChI is InChI=1S/C21H28N6O2/c1-3-16-17(14-7-8-14)27-20(18(26-16)19(23)28)25-15-6-4-5-13(11-15)9-10-24-21(29)12(2)22/h4-6,11-12,14H,3,7-10,22H2,1-2H3,(H2,23,28)(H,24,29)(H,25,27)/t12-/m0/s1. The highest BCUT2D eigenvalue weighted by Crippen LogP contribution is 2.41. The highest BCUT2D eigenvalue weighted by atomic mass is 16.2. The van der Waals surface area contributed by atoms with Crippen LogP contribution in [0.3, 0.4) is 0 Å². The number of hydrogen-bond acceptors (Lipinski definition) is 6. The second kappa shape index (κ2) is 9.00. The summed E-state index contributed by atoms with van der Waals surface area (Å²) in [7, 11) is 0. The molecule has 0 aliphatic heterocycles. The summed E-state index contributed by atoms with van der Waals surface area (Å²) in [6.07, 6.45) is 3.56. The van der Waals surface area contributed by atoms with Crippen molar-refractivity contribution in [1.82, 2.24) is 15.3 Å². The Morgan fingerprint density at radius 3 is 2.66 bits per heavy atom. The number of primary amides is 1. The lowest BCUT2D eigenvalue weighted by Gasteiger charge is -2.14. The molecule has 1 aliphatic carbocycles. The molecule has 0 saturated heterocycles. The van der Waals surface area contributed by atoms with Crippen molar-refractivity contribution in [3.63, 3.8) is 0 Å². The number of hydrogen-bond donors (Lipinski definition) is 4. The number of anilines is 2. The SMILES string of the molecule is CCc1nc(C(N)=O)c(Nc2cccc(CCNC(=O)[C@H](C)N)c2)nc1C1CC1. The summed E-state index contributed by atoms with van der Waals surface area (Å²) in [5.74, 6) is 0.0231. The van der Waals surface area contributed by atoms with Gasteiger partial charge in [0.25, 0.3) is 5.91 Å². The number of aromatic nitrogens is 2. The smallest absolute Gasteiger partial charge is 0.271 e. The van der Waals surface area contributed by atoms with Crippen LogP contribution in [-0.2, 0) is 17.6 Å². The molecule has 1 saturated carbocycles. The van der Waals surface area contributed by atoms with Crippen molar-refractivity contribution < 1.29 is 9.59 Å². The Hall–Kier alpha value is -3.00. The van der Waals surface area contributed by atoms with Gasteiger partial charge in [0.2, 0.25) is 5.91 Å². The Bertz CT molecular complexity index is 908. The highest BCUT2D eigenvalue weighted by Gasteiger charge is 2.30. The number of amides is 2. The topological polar surface area (TPSA) is 136 Å². The van der Waals surface area contributed by atoms with Gasteiger partial charge in [-0.1, -0.05) is 19.1 Å². The normalized spacial score (nSPS) is 14.3. The van der Waals surface area contributed by atoms with Crippen LogP contribution in [0.25, 0.3) is 0 Å². The largest absolute Gasteiger partial charge is 0.364 e. The van der Waals surface area contributed by atoms with Crippen LogP contribution in [0.15, 0.2) is 24.3 Å². The summed E-state index contributed by atoms with van der Waals surface area (Å²) >= 11 is 0. The first-order valence-electron chi connectivity index (χ1n) is 9.99. The molecule has 8 heteroatoms. The van der Waals surface area contributed by atoms with Crippen molar-refractivity contribution in [2.24, 2.45) is 11.5 Å². The van der Waals surface area contributed by atoms with Gasteiger partial charge in [0.05, 0.1) is 17.4 Å². The maximum Gasteiger partial charge on any atom is 0.271 e. The Morgan fingerprint density at radius 1 is 1.28 bits per heavy atom. The summed E-state index contributed by atoms with van der Waals surface area (Å²) in [5, 5.41) is 6.00. The average Bonchev–Trinajstić information content (AvgIpc) is 3.52. The molecule has 8 nitrogen and oxygen atoms in total. The van der Waals surface area contributed by atoms with Crippen LogP contribution in [0.1, 0.15) is 60.0 Å². The van der Waals surface area contributed by atoms with Crippen molar-refractivity contribution in [1.29, 1.82) is 0 Å². The summed E-state index contributed by atoms with van der Waals surface area (Å²) < 4.78 is 0. The molecule has 1 fully saturated rings. The summed E-state index contributed by atoms with van der Waals surface area (Å²) in [6, 6.07) is 7.20. The van der Waals surface area contributed by atoms with Crippen molar-refractivity contribution in [2.75, 3.05) is 11.9 Å². The molecule has 1 aromatic heterocycles. The zero-order chi connectivity index (χ0) is 21.0. The van der Waals surface area contributed by atoms with E-state index >= 15 is 0 Å². The molecule has 1 heterocycles. The fourth-order valence-electron chi connectivity index (χ4n) is 3.12. The van der Waals surface area contributed by atoms with Crippen LogP contribution >= 0.6 is 0 Å². The van der Waals surface area contributed by atoms with Crippen LogP contribution in [0, 0.1) is 0 Å². The van der Waals surface area contributed by atoms with E-state index in [1.54, 1.807) is 6.92 Å². The van der Waals surface area contributed by atoms with Gasteiger partial charge in [0, 0.05) is 18.2 Å². The second-order valence-corrected chi connectivity index (χ2v) is 7.40. The van der Waals surface area contributed by atoms with Crippen LogP contribution in [0.2, 0.25) is 0 Å². The molecular formula is C21H28N6O2. The minimum Gasteiger partial charge on any atom is -0.364 e. The van der Waals surface area contributed by atoms with Crippen LogP contribution in [0.5, 0.6) is 0 Å². The van der Waals surface area contributed by atoms with Gasteiger partial charge in [-0.3, -0.25) is 9.59 Å². The molecule has 2 aromatic rings. The summed E-state index contributed by atoms with van der Waals surface area (Å²) in [4.78, 5) is 32.7. The first kappa shape index (κ1) is 20.7. The Kier molecular flexibility index (Phi) is 6.43. The molecule has 6 N–H and O–H groups in total. The van der Waals surface area contributed by atoms with Gasteiger partial charge < -0.3 is 22.1 Å². The number of nitrogens with two attached hydrogens (primary N) is 2. The molecule has 154 valence electrons. The van der Waals surface area contributed by atoms with E-state index in [0.29, 0.717) is 31.1 Å². The van der Waals surface area contributed by atoms with Gasteiger partial charge in [-0.25, -0.2) is 9.97 Å². The summed E-state index contributed by atoms with van der Waals surface area (Å²) in [6.45, 7) is 4.14. The highest BCUT2D eigenvalue weighted by molar-refractivity contribution is 5.96. The molecule has 0 radical (unpaired) electrons.